The minimum absolute atomic E-state index is 0.00527. The first-order valence-corrected chi connectivity index (χ1v) is 14.5. The molecule has 2 saturated carbocycles. The summed E-state index contributed by atoms with van der Waals surface area (Å²) in [6.07, 6.45) is 7.84. The second-order valence-corrected chi connectivity index (χ2v) is 12.1. The number of hydrogen-bond acceptors (Lipinski definition) is 5. The van der Waals surface area contributed by atoms with Crippen LogP contribution in [0.2, 0.25) is 0 Å². The third-order valence-electron chi connectivity index (χ3n) is 9.75. The molecule has 4 aliphatic rings. The Balaban J connectivity index is 1.26. The van der Waals surface area contributed by atoms with Crippen molar-refractivity contribution in [2.24, 2.45) is 5.92 Å². The zero-order chi connectivity index (χ0) is 26.8. The van der Waals surface area contributed by atoms with Crippen LogP contribution in [0.1, 0.15) is 63.4 Å². The molecule has 5 rings (SSSR count). The molecule has 2 aliphatic carbocycles. The summed E-state index contributed by atoms with van der Waals surface area (Å²) in [6.45, 7) is 3.82. The number of amides is 3. The molecule has 0 aromatic heterocycles. The van der Waals surface area contributed by atoms with Crippen LogP contribution < -0.4 is 0 Å². The summed E-state index contributed by atoms with van der Waals surface area (Å²) in [7, 11) is 4.33. The fourth-order valence-electron chi connectivity index (χ4n) is 7.02. The van der Waals surface area contributed by atoms with Crippen molar-refractivity contribution in [2.75, 3.05) is 60.0 Å². The van der Waals surface area contributed by atoms with Crippen molar-refractivity contribution >= 4 is 17.7 Å². The maximum atomic E-state index is 13.7. The van der Waals surface area contributed by atoms with Crippen LogP contribution in [0, 0.1) is 5.92 Å². The first kappa shape index (κ1) is 27.1. The molecule has 8 heteroatoms. The number of hydrogen-bond donors (Lipinski definition) is 0. The highest BCUT2D eigenvalue weighted by Crippen LogP contribution is 2.49. The van der Waals surface area contributed by atoms with E-state index in [1.165, 1.54) is 24.8 Å². The molecule has 4 fully saturated rings. The number of benzene rings is 1. The van der Waals surface area contributed by atoms with Gasteiger partial charge in [-0.25, -0.2) is 4.79 Å². The molecular weight excluding hydrogens is 480 g/mol. The first-order chi connectivity index (χ1) is 18.3. The van der Waals surface area contributed by atoms with Crippen molar-refractivity contribution in [2.45, 2.75) is 68.9 Å². The first-order valence-electron chi connectivity index (χ1n) is 14.5. The van der Waals surface area contributed by atoms with Crippen molar-refractivity contribution in [1.29, 1.82) is 0 Å². The Bertz CT molecular complexity index is 995. The molecule has 208 valence electrons. The SMILES string of the molecule is CN(C)C1(c2ccccc2)CCC2(CC1)CN(CC(=O)CCC(=O)N1CCOCC1)C(=O)N2CC1CCC1. The number of ether oxygens (including phenoxy) is 1. The van der Waals surface area contributed by atoms with Gasteiger partial charge in [0, 0.05) is 44.6 Å². The molecule has 2 heterocycles. The van der Waals surface area contributed by atoms with Gasteiger partial charge in [-0.2, -0.15) is 0 Å². The lowest BCUT2D eigenvalue weighted by atomic mass is 9.68. The van der Waals surface area contributed by atoms with Crippen molar-refractivity contribution in [1.82, 2.24) is 19.6 Å². The number of rotatable bonds is 9. The van der Waals surface area contributed by atoms with Gasteiger partial charge in [0.2, 0.25) is 5.91 Å². The Morgan fingerprint density at radius 1 is 1.00 bits per heavy atom. The van der Waals surface area contributed by atoms with Crippen LogP contribution in [0.15, 0.2) is 30.3 Å². The highest BCUT2D eigenvalue weighted by atomic mass is 16.5. The average Bonchev–Trinajstić information content (AvgIpc) is 3.15. The lowest BCUT2D eigenvalue weighted by Crippen LogP contribution is -2.56. The second-order valence-electron chi connectivity index (χ2n) is 12.1. The van der Waals surface area contributed by atoms with E-state index >= 15 is 0 Å². The fraction of sp³-hybridized carbons (Fsp3) is 0.700. The molecule has 0 bridgehead atoms. The van der Waals surface area contributed by atoms with Crippen LogP contribution in [-0.4, -0.2) is 103 Å². The Hall–Kier alpha value is -2.45. The van der Waals surface area contributed by atoms with Gasteiger partial charge in [0.15, 0.2) is 5.78 Å². The summed E-state index contributed by atoms with van der Waals surface area (Å²) in [6, 6.07) is 10.8. The van der Waals surface area contributed by atoms with Crippen LogP contribution in [0.5, 0.6) is 0 Å². The van der Waals surface area contributed by atoms with Crippen LogP contribution in [-0.2, 0) is 19.9 Å². The molecule has 0 radical (unpaired) electrons. The van der Waals surface area contributed by atoms with E-state index in [-0.39, 0.29) is 48.2 Å². The van der Waals surface area contributed by atoms with Crippen molar-refractivity contribution in [3.63, 3.8) is 0 Å². The van der Waals surface area contributed by atoms with Crippen LogP contribution in [0.4, 0.5) is 4.79 Å². The number of carbonyl (C=O) groups is 3. The van der Waals surface area contributed by atoms with Gasteiger partial charge in [-0.05, 0) is 64.1 Å². The lowest BCUT2D eigenvalue weighted by molar-refractivity contribution is -0.136. The summed E-state index contributed by atoms with van der Waals surface area (Å²) in [5, 5.41) is 0. The van der Waals surface area contributed by atoms with Gasteiger partial charge in [0.05, 0.1) is 25.3 Å². The molecule has 1 aromatic rings. The number of morpholine rings is 1. The minimum atomic E-state index is -0.217. The molecule has 0 unspecified atom stereocenters. The van der Waals surface area contributed by atoms with E-state index in [2.05, 4.69) is 54.2 Å². The zero-order valence-corrected chi connectivity index (χ0v) is 23.2. The van der Waals surface area contributed by atoms with Gasteiger partial charge in [0.25, 0.3) is 0 Å². The number of Topliss-reactive ketones (excluding diaryl/α,β-unsaturated/α-hetero) is 1. The van der Waals surface area contributed by atoms with Gasteiger partial charge >= 0.3 is 6.03 Å². The third-order valence-corrected chi connectivity index (χ3v) is 9.75. The fourth-order valence-corrected chi connectivity index (χ4v) is 7.02. The lowest BCUT2D eigenvalue weighted by Gasteiger charge is -2.51. The second kappa shape index (κ2) is 11.3. The highest BCUT2D eigenvalue weighted by Gasteiger charge is 2.55. The number of urea groups is 1. The monoisotopic (exact) mass is 524 g/mol. The summed E-state index contributed by atoms with van der Waals surface area (Å²) < 4.78 is 5.32. The summed E-state index contributed by atoms with van der Waals surface area (Å²) >= 11 is 0. The Morgan fingerprint density at radius 3 is 2.29 bits per heavy atom. The van der Waals surface area contributed by atoms with E-state index < -0.39 is 0 Å². The standard InChI is InChI=1S/C30H44N4O4/c1-31(2)30(25-9-4-3-5-10-25)15-13-29(14-16-30)23-33(28(37)34(29)21-24-7-6-8-24)22-26(35)11-12-27(36)32-17-19-38-20-18-32/h3-5,9-10,24H,6-8,11-23H2,1-2H3. The van der Waals surface area contributed by atoms with E-state index in [9.17, 15) is 14.4 Å². The van der Waals surface area contributed by atoms with Crippen LogP contribution in [0.3, 0.4) is 0 Å². The van der Waals surface area contributed by atoms with Gasteiger partial charge in [-0.3, -0.25) is 14.5 Å². The highest BCUT2D eigenvalue weighted by molar-refractivity contribution is 5.89. The zero-order valence-electron chi connectivity index (χ0n) is 23.2. The van der Waals surface area contributed by atoms with E-state index in [1.807, 2.05) is 0 Å². The molecule has 2 saturated heterocycles. The van der Waals surface area contributed by atoms with Crippen molar-refractivity contribution in [3.05, 3.63) is 35.9 Å². The quantitative estimate of drug-likeness (QED) is 0.494. The van der Waals surface area contributed by atoms with Gasteiger partial charge in [-0.1, -0.05) is 36.8 Å². The maximum Gasteiger partial charge on any atom is 0.321 e. The van der Waals surface area contributed by atoms with E-state index in [0.29, 0.717) is 38.8 Å². The molecule has 1 aromatic carbocycles. The Kier molecular flexibility index (Phi) is 8.10. The van der Waals surface area contributed by atoms with Crippen LogP contribution >= 0.6 is 0 Å². The summed E-state index contributed by atoms with van der Waals surface area (Å²) in [4.78, 5) is 47.3. The number of carbonyl (C=O) groups excluding carboxylic acids is 3. The third kappa shape index (κ3) is 5.34. The molecule has 1 spiro atoms. The summed E-state index contributed by atoms with van der Waals surface area (Å²) in [5.41, 5.74) is 1.08. The van der Waals surface area contributed by atoms with Crippen LogP contribution in [0.25, 0.3) is 0 Å². The maximum absolute atomic E-state index is 13.7. The summed E-state index contributed by atoms with van der Waals surface area (Å²) in [5.74, 6) is 0.557. The van der Waals surface area contributed by atoms with Gasteiger partial charge < -0.3 is 19.4 Å². The molecule has 8 nitrogen and oxygen atoms in total. The molecule has 3 amide bonds. The Morgan fingerprint density at radius 2 is 1.68 bits per heavy atom. The van der Waals surface area contributed by atoms with E-state index in [4.69, 9.17) is 4.74 Å². The van der Waals surface area contributed by atoms with Crippen molar-refractivity contribution in [3.8, 4) is 0 Å². The van der Waals surface area contributed by atoms with Crippen molar-refractivity contribution < 1.29 is 19.1 Å². The normalized spacial score (nSPS) is 28.3. The number of nitrogens with zero attached hydrogens (tertiary/aromatic N) is 4. The largest absolute Gasteiger partial charge is 0.378 e. The molecular formula is C30H44N4O4. The minimum Gasteiger partial charge on any atom is -0.378 e. The smallest absolute Gasteiger partial charge is 0.321 e. The molecule has 0 atom stereocenters. The van der Waals surface area contributed by atoms with Gasteiger partial charge in [-0.15, -0.1) is 0 Å². The number of ketones is 1. The average molecular weight is 525 g/mol. The van der Waals surface area contributed by atoms with Gasteiger partial charge in [0.1, 0.15) is 0 Å². The molecule has 2 aliphatic heterocycles. The molecule has 38 heavy (non-hydrogen) atoms. The molecule has 0 N–H and O–H groups in total. The predicted molar refractivity (Wildman–Crippen MR) is 146 cm³/mol. The topological polar surface area (TPSA) is 73.4 Å². The van der Waals surface area contributed by atoms with E-state index in [0.717, 1.165) is 32.2 Å². The predicted octanol–water partition coefficient (Wildman–Crippen LogP) is 3.50. The van der Waals surface area contributed by atoms with E-state index in [1.54, 1.807) is 9.80 Å². The Labute approximate surface area is 227 Å².